The van der Waals surface area contributed by atoms with E-state index in [2.05, 4.69) is 15.5 Å². The van der Waals surface area contributed by atoms with Gasteiger partial charge in [0.25, 0.3) is 0 Å². The van der Waals surface area contributed by atoms with E-state index in [1.54, 1.807) is 0 Å². The van der Waals surface area contributed by atoms with Crippen molar-refractivity contribution < 1.29 is 9.26 Å². The van der Waals surface area contributed by atoms with Crippen LogP contribution in [0.4, 0.5) is 5.69 Å². The Kier molecular flexibility index (Phi) is 3.63. The SMILES string of the molecule is CC1(c2noc(CNc3ccc(Cl)cc3)n2)CCCO1. The van der Waals surface area contributed by atoms with E-state index in [4.69, 9.17) is 20.9 Å². The molecule has 0 saturated carbocycles. The van der Waals surface area contributed by atoms with Crippen LogP contribution in [0.2, 0.25) is 5.02 Å². The summed E-state index contributed by atoms with van der Waals surface area (Å²) in [6.45, 7) is 3.23. The van der Waals surface area contributed by atoms with Crippen molar-refractivity contribution in [3.63, 3.8) is 0 Å². The summed E-state index contributed by atoms with van der Waals surface area (Å²) < 4.78 is 11.0. The molecule has 0 spiro atoms. The van der Waals surface area contributed by atoms with Gasteiger partial charge in [-0.2, -0.15) is 4.98 Å². The molecule has 106 valence electrons. The smallest absolute Gasteiger partial charge is 0.246 e. The van der Waals surface area contributed by atoms with E-state index >= 15 is 0 Å². The van der Waals surface area contributed by atoms with Gasteiger partial charge in [0.05, 0.1) is 6.54 Å². The van der Waals surface area contributed by atoms with E-state index in [0.717, 1.165) is 25.1 Å². The highest BCUT2D eigenvalue weighted by molar-refractivity contribution is 6.30. The lowest BCUT2D eigenvalue weighted by molar-refractivity contribution is 0.00768. The Morgan fingerprint density at radius 1 is 1.35 bits per heavy atom. The Morgan fingerprint density at radius 3 is 2.85 bits per heavy atom. The van der Waals surface area contributed by atoms with Crippen LogP contribution in [0.5, 0.6) is 0 Å². The number of ether oxygens (including phenoxy) is 1. The van der Waals surface area contributed by atoms with Gasteiger partial charge in [0, 0.05) is 17.3 Å². The van der Waals surface area contributed by atoms with Gasteiger partial charge in [0.1, 0.15) is 5.60 Å². The highest BCUT2D eigenvalue weighted by Gasteiger charge is 2.36. The standard InChI is InChI=1S/C14H16ClN3O2/c1-14(7-2-8-19-14)13-17-12(20-18-13)9-16-11-5-3-10(15)4-6-11/h3-6,16H,2,7-9H2,1H3. The number of benzene rings is 1. The third kappa shape index (κ3) is 2.78. The quantitative estimate of drug-likeness (QED) is 0.936. The first kappa shape index (κ1) is 13.4. The summed E-state index contributed by atoms with van der Waals surface area (Å²) in [6, 6.07) is 7.47. The van der Waals surface area contributed by atoms with Crippen LogP contribution in [0, 0.1) is 0 Å². The normalized spacial score (nSPS) is 22.1. The fourth-order valence-corrected chi connectivity index (χ4v) is 2.37. The number of nitrogens with one attached hydrogen (secondary N) is 1. The summed E-state index contributed by atoms with van der Waals surface area (Å²) in [5, 5.41) is 7.94. The van der Waals surface area contributed by atoms with Crippen LogP contribution in [-0.4, -0.2) is 16.7 Å². The Morgan fingerprint density at radius 2 is 2.15 bits per heavy atom. The molecule has 0 amide bonds. The molecular weight excluding hydrogens is 278 g/mol. The molecule has 1 unspecified atom stereocenters. The summed E-state index contributed by atoms with van der Waals surface area (Å²) in [5.41, 5.74) is 0.555. The number of hydrogen-bond acceptors (Lipinski definition) is 5. The van der Waals surface area contributed by atoms with E-state index in [-0.39, 0.29) is 0 Å². The third-order valence-corrected chi connectivity index (χ3v) is 3.70. The fourth-order valence-electron chi connectivity index (χ4n) is 2.24. The Labute approximate surface area is 122 Å². The van der Waals surface area contributed by atoms with Gasteiger partial charge in [0.15, 0.2) is 0 Å². The zero-order valence-corrected chi connectivity index (χ0v) is 12.0. The Balaban J connectivity index is 1.64. The number of hydrogen-bond donors (Lipinski definition) is 1. The second-order valence-corrected chi connectivity index (χ2v) is 5.49. The molecule has 0 aliphatic carbocycles. The largest absolute Gasteiger partial charge is 0.376 e. The van der Waals surface area contributed by atoms with Crippen LogP contribution in [0.3, 0.4) is 0 Å². The lowest BCUT2D eigenvalue weighted by Gasteiger charge is -2.17. The highest BCUT2D eigenvalue weighted by atomic mass is 35.5. The van der Waals surface area contributed by atoms with Gasteiger partial charge in [-0.05, 0) is 44.0 Å². The van der Waals surface area contributed by atoms with Crippen molar-refractivity contribution in [1.29, 1.82) is 0 Å². The number of nitrogens with zero attached hydrogens (tertiary/aromatic N) is 2. The molecule has 2 heterocycles. The minimum absolute atomic E-state index is 0.401. The van der Waals surface area contributed by atoms with Crippen molar-refractivity contribution in [3.8, 4) is 0 Å². The number of rotatable bonds is 4. The maximum Gasteiger partial charge on any atom is 0.246 e. The molecule has 1 saturated heterocycles. The van der Waals surface area contributed by atoms with Gasteiger partial charge in [-0.1, -0.05) is 16.8 Å². The maximum atomic E-state index is 5.84. The van der Waals surface area contributed by atoms with Crippen LogP contribution in [0.15, 0.2) is 28.8 Å². The van der Waals surface area contributed by atoms with Gasteiger partial charge in [-0.25, -0.2) is 0 Å². The lowest BCUT2D eigenvalue weighted by Crippen LogP contribution is -2.21. The lowest BCUT2D eigenvalue weighted by atomic mass is 10.0. The summed E-state index contributed by atoms with van der Waals surface area (Å²) >= 11 is 5.84. The van der Waals surface area contributed by atoms with Crippen LogP contribution in [0.25, 0.3) is 0 Å². The molecule has 0 bridgehead atoms. The van der Waals surface area contributed by atoms with Crippen molar-refractivity contribution in [2.24, 2.45) is 0 Å². The average molecular weight is 294 g/mol. The molecule has 3 rings (SSSR count). The second kappa shape index (κ2) is 5.42. The maximum absolute atomic E-state index is 5.84. The van der Waals surface area contributed by atoms with Gasteiger partial charge < -0.3 is 14.6 Å². The zero-order valence-electron chi connectivity index (χ0n) is 11.2. The predicted octanol–water partition coefficient (Wildman–Crippen LogP) is 3.36. The molecule has 5 nitrogen and oxygen atoms in total. The molecule has 6 heteroatoms. The Hall–Kier alpha value is -1.59. The molecule has 20 heavy (non-hydrogen) atoms. The second-order valence-electron chi connectivity index (χ2n) is 5.06. The van der Waals surface area contributed by atoms with Crippen LogP contribution in [-0.2, 0) is 16.9 Å². The van der Waals surface area contributed by atoms with E-state index < -0.39 is 5.60 Å². The van der Waals surface area contributed by atoms with E-state index in [0.29, 0.717) is 23.3 Å². The van der Waals surface area contributed by atoms with Crippen molar-refractivity contribution in [1.82, 2.24) is 10.1 Å². The molecular formula is C14H16ClN3O2. The minimum atomic E-state index is -0.401. The van der Waals surface area contributed by atoms with Crippen LogP contribution >= 0.6 is 11.6 Å². The summed E-state index contributed by atoms with van der Waals surface area (Å²) in [7, 11) is 0. The molecule has 1 atom stereocenters. The zero-order chi connectivity index (χ0) is 14.0. The van der Waals surface area contributed by atoms with E-state index in [1.807, 2.05) is 31.2 Å². The van der Waals surface area contributed by atoms with Crippen LogP contribution in [0.1, 0.15) is 31.5 Å². The number of anilines is 1. The van der Waals surface area contributed by atoms with Gasteiger partial charge in [-0.3, -0.25) is 0 Å². The van der Waals surface area contributed by atoms with Gasteiger partial charge in [-0.15, -0.1) is 0 Å². The molecule has 1 aromatic heterocycles. The highest BCUT2D eigenvalue weighted by Crippen LogP contribution is 2.33. The van der Waals surface area contributed by atoms with Crippen molar-refractivity contribution >= 4 is 17.3 Å². The van der Waals surface area contributed by atoms with Gasteiger partial charge >= 0.3 is 0 Å². The number of halogens is 1. The first-order valence-electron chi connectivity index (χ1n) is 6.62. The monoisotopic (exact) mass is 293 g/mol. The van der Waals surface area contributed by atoms with E-state index in [1.165, 1.54) is 0 Å². The molecule has 1 fully saturated rings. The molecule has 1 aromatic carbocycles. The summed E-state index contributed by atoms with van der Waals surface area (Å²) in [5.74, 6) is 1.18. The minimum Gasteiger partial charge on any atom is -0.376 e. The summed E-state index contributed by atoms with van der Waals surface area (Å²) in [4.78, 5) is 4.41. The first-order chi connectivity index (χ1) is 9.66. The topological polar surface area (TPSA) is 60.2 Å². The first-order valence-corrected chi connectivity index (χ1v) is 7.00. The molecule has 1 aliphatic heterocycles. The van der Waals surface area contributed by atoms with Crippen molar-refractivity contribution in [3.05, 3.63) is 41.0 Å². The van der Waals surface area contributed by atoms with Crippen molar-refractivity contribution in [2.45, 2.75) is 31.9 Å². The van der Waals surface area contributed by atoms with Crippen LogP contribution < -0.4 is 5.32 Å². The van der Waals surface area contributed by atoms with E-state index in [9.17, 15) is 0 Å². The average Bonchev–Trinajstić information content (AvgIpc) is 3.08. The molecule has 0 radical (unpaired) electrons. The third-order valence-electron chi connectivity index (χ3n) is 3.45. The number of aromatic nitrogens is 2. The van der Waals surface area contributed by atoms with Gasteiger partial charge in [0.2, 0.25) is 11.7 Å². The molecule has 1 aliphatic rings. The molecule has 1 N–H and O–H groups in total. The van der Waals surface area contributed by atoms with Crippen molar-refractivity contribution in [2.75, 3.05) is 11.9 Å². The fraction of sp³-hybridized carbons (Fsp3) is 0.429. The Bertz CT molecular complexity index is 576. The summed E-state index contributed by atoms with van der Waals surface area (Å²) in [6.07, 6.45) is 1.96. The predicted molar refractivity (Wildman–Crippen MR) is 75.6 cm³/mol. The molecule has 2 aromatic rings.